The van der Waals surface area contributed by atoms with Crippen LogP contribution in [0.15, 0.2) is 12.1 Å². The Kier molecular flexibility index (Phi) is 4.42. The zero-order chi connectivity index (χ0) is 12.1. The summed E-state index contributed by atoms with van der Waals surface area (Å²) < 4.78 is 10.1. The van der Waals surface area contributed by atoms with Crippen LogP contribution in [-0.2, 0) is 5.75 Å². The van der Waals surface area contributed by atoms with Gasteiger partial charge >= 0.3 is 0 Å². The molecule has 0 aliphatic carbocycles. The zero-order valence-corrected chi connectivity index (χ0v) is 10.2. The van der Waals surface area contributed by atoms with Gasteiger partial charge in [0, 0.05) is 11.3 Å². The molecule has 6 heteroatoms. The summed E-state index contributed by atoms with van der Waals surface area (Å²) in [5.74, 6) is 1.45. The highest BCUT2D eigenvalue weighted by atomic mass is 32.2. The normalized spacial score (nSPS) is 9.94. The van der Waals surface area contributed by atoms with Crippen LogP contribution in [0.3, 0.4) is 0 Å². The van der Waals surface area contributed by atoms with Gasteiger partial charge in [-0.25, -0.2) is 0 Å². The summed E-state index contributed by atoms with van der Waals surface area (Å²) in [5.41, 5.74) is 0.696. The lowest BCUT2D eigenvalue weighted by Gasteiger charge is -2.09. The molecular formula is C10H13NO4S. The van der Waals surface area contributed by atoms with Gasteiger partial charge in [0.05, 0.1) is 25.2 Å². The highest BCUT2D eigenvalue weighted by molar-refractivity contribution is 7.97. The summed E-state index contributed by atoms with van der Waals surface area (Å²) >= 11 is 1.52. The molecule has 1 aromatic carbocycles. The van der Waals surface area contributed by atoms with Gasteiger partial charge in [-0.05, 0) is 12.3 Å². The van der Waals surface area contributed by atoms with E-state index >= 15 is 0 Å². The van der Waals surface area contributed by atoms with E-state index < -0.39 is 4.92 Å². The summed E-state index contributed by atoms with van der Waals surface area (Å²) in [6, 6.07) is 3.04. The minimum Gasteiger partial charge on any atom is -0.493 e. The van der Waals surface area contributed by atoms with Crippen LogP contribution in [-0.4, -0.2) is 25.4 Å². The molecule has 0 saturated carbocycles. The topological polar surface area (TPSA) is 61.6 Å². The Bertz CT molecular complexity index is 395. The second-order valence-corrected chi connectivity index (χ2v) is 3.89. The number of rotatable bonds is 5. The van der Waals surface area contributed by atoms with E-state index in [0.717, 1.165) is 0 Å². The van der Waals surface area contributed by atoms with Crippen molar-refractivity contribution in [3.05, 3.63) is 27.8 Å². The van der Waals surface area contributed by atoms with E-state index in [1.54, 1.807) is 6.07 Å². The Balaban J connectivity index is 3.29. The summed E-state index contributed by atoms with van der Waals surface area (Å²) in [4.78, 5) is 10.5. The number of methoxy groups -OCH3 is 2. The number of nitrogens with zero attached hydrogens (tertiary/aromatic N) is 1. The van der Waals surface area contributed by atoms with E-state index in [2.05, 4.69) is 0 Å². The standard InChI is InChI=1S/C10H13NO4S/c1-14-9-4-7(6-16-3)8(11(12)13)5-10(9)15-2/h4-5H,6H2,1-3H3. The molecule has 0 amide bonds. The molecule has 0 unspecified atom stereocenters. The van der Waals surface area contributed by atoms with Crippen LogP contribution in [0.2, 0.25) is 0 Å². The molecule has 1 aromatic rings. The monoisotopic (exact) mass is 243 g/mol. The predicted octanol–water partition coefficient (Wildman–Crippen LogP) is 2.48. The van der Waals surface area contributed by atoms with Crippen LogP contribution < -0.4 is 9.47 Å². The van der Waals surface area contributed by atoms with Crippen LogP contribution in [0.5, 0.6) is 11.5 Å². The predicted molar refractivity (Wildman–Crippen MR) is 63.4 cm³/mol. The molecule has 0 atom stereocenters. The lowest BCUT2D eigenvalue weighted by molar-refractivity contribution is -0.385. The minimum absolute atomic E-state index is 0.0620. The maximum absolute atomic E-state index is 10.9. The van der Waals surface area contributed by atoms with Gasteiger partial charge < -0.3 is 9.47 Å². The average molecular weight is 243 g/mol. The second kappa shape index (κ2) is 5.60. The van der Waals surface area contributed by atoms with Gasteiger partial charge in [-0.2, -0.15) is 11.8 Å². The minimum atomic E-state index is -0.409. The van der Waals surface area contributed by atoms with Crippen molar-refractivity contribution < 1.29 is 14.4 Å². The number of nitro groups is 1. The first-order valence-corrected chi connectivity index (χ1v) is 5.91. The van der Waals surface area contributed by atoms with Crippen molar-refractivity contribution in [1.82, 2.24) is 0 Å². The smallest absolute Gasteiger partial charge is 0.277 e. The fraction of sp³-hybridized carbons (Fsp3) is 0.400. The molecule has 0 spiro atoms. The number of hydrogen-bond acceptors (Lipinski definition) is 5. The average Bonchev–Trinajstić information content (AvgIpc) is 2.28. The van der Waals surface area contributed by atoms with Crippen LogP contribution in [0.25, 0.3) is 0 Å². The summed E-state index contributed by atoms with van der Waals surface area (Å²) in [6.45, 7) is 0. The summed E-state index contributed by atoms with van der Waals surface area (Å²) in [5, 5.41) is 10.9. The van der Waals surface area contributed by atoms with Gasteiger partial charge in [-0.1, -0.05) is 0 Å². The molecule has 0 fully saturated rings. The number of nitro benzene ring substituents is 1. The number of thioether (sulfide) groups is 1. The third-order valence-electron chi connectivity index (χ3n) is 2.08. The maximum Gasteiger partial charge on any atom is 0.277 e. The molecule has 0 bridgehead atoms. The van der Waals surface area contributed by atoms with Crippen LogP contribution in [0, 0.1) is 10.1 Å². The van der Waals surface area contributed by atoms with E-state index in [9.17, 15) is 10.1 Å². The van der Waals surface area contributed by atoms with Crippen LogP contribution in [0.4, 0.5) is 5.69 Å². The Labute approximate surface area is 97.9 Å². The molecule has 0 aliphatic rings. The second-order valence-electron chi connectivity index (χ2n) is 3.03. The third kappa shape index (κ3) is 2.57. The fourth-order valence-corrected chi connectivity index (χ4v) is 1.89. The van der Waals surface area contributed by atoms with Gasteiger partial charge in [0.1, 0.15) is 0 Å². The lowest BCUT2D eigenvalue weighted by Crippen LogP contribution is -1.98. The van der Waals surface area contributed by atoms with Gasteiger partial charge in [0.2, 0.25) is 0 Å². The molecule has 5 nitrogen and oxygen atoms in total. The van der Waals surface area contributed by atoms with Gasteiger partial charge in [-0.15, -0.1) is 0 Å². The molecule has 0 radical (unpaired) electrons. The van der Waals surface area contributed by atoms with Crippen molar-refractivity contribution in [3.63, 3.8) is 0 Å². The van der Waals surface area contributed by atoms with Crippen molar-refractivity contribution >= 4 is 17.4 Å². The molecule has 88 valence electrons. The van der Waals surface area contributed by atoms with Crippen molar-refractivity contribution in [2.75, 3.05) is 20.5 Å². The number of benzene rings is 1. The van der Waals surface area contributed by atoms with E-state index in [4.69, 9.17) is 9.47 Å². The van der Waals surface area contributed by atoms with Crippen molar-refractivity contribution in [2.24, 2.45) is 0 Å². The van der Waals surface area contributed by atoms with Crippen molar-refractivity contribution in [3.8, 4) is 11.5 Å². The first-order chi connectivity index (χ1) is 7.63. The van der Waals surface area contributed by atoms with E-state index in [0.29, 0.717) is 22.8 Å². The Morgan fingerprint density at radius 2 is 1.88 bits per heavy atom. The third-order valence-corrected chi connectivity index (χ3v) is 2.68. The number of ether oxygens (including phenoxy) is 2. The Morgan fingerprint density at radius 1 is 1.31 bits per heavy atom. The quantitative estimate of drug-likeness (QED) is 0.587. The molecule has 0 aliphatic heterocycles. The van der Waals surface area contributed by atoms with Gasteiger partial charge in [-0.3, -0.25) is 10.1 Å². The highest BCUT2D eigenvalue weighted by Crippen LogP contribution is 2.35. The molecular weight excluding hydrogens is 230 g/mol. The highest BCUT2D eigenvalue weighted by Gasteiger charge is 2.18. The Hall–Kier alpha value is -1.43. The molecule has 16 heavy (non-hydrogen) atoms. The van der Waals surface area contributed by atoms with Crippen molar-refractivity contribution in [1.29, 1.82) is 0 Å². The first-order valence-electron chi connectivity index (χ1n) is 4.52. The maximum atomic E-state index is 10.9. The Morgan fingerprint density at radius 3 is 2.31 bits per heavy atom. The summed E-state index contributed by atoms with van der Waals surface area (Å²) in [7, 11) is 2.96. The number of hydrogen-bond donors (Lipinski definition) is 0. The first kappa shape index (κ1) is 12.6. The van der Waals surface area contributed by atoms with Crippen molar-refractivity contribution in [2.45, 2.75) is 5.75 Å². The lowest BCUT2D eigenvalue weighted by atomic mass is 10.2. The summed E-state index contributed by atoms with van der Waals surface area (Å²) in [6.07, 6.45) is 1.89. The molecule has 0 aromatic heterocycles. The zero-order valence-electron chi connectivity index (χ0n) is 9.35. The SMILES string of the molecule is COc1cc(CSC)c([N+](=O)[O-])cc1OC. The molecule has 0 heterocycles. The molecule has 0 saturated heterocycles. The fourth-order valence-electron chi connectivity index (χ4n) is 1.35. The van der Waals surface area contributed by atoms with Gasteiger partial charge in [0.25, 0.3) is 5.69 Å². The largest absolute Gasteiger partial charge is 0.493 e. The van der Waals surface area contributed by atoms with Crippen LogP contribution in [0.1, 0.15) is 5.56 Å². The van der Waals surface area contributed by atoms with Gasteiger partial charge in [0.15, 0.2) is 11.5 Å². The van der Waals surface area contributed by atoms with E-state index in [1.165, 1.54) is 32.0 Å². The molecule has 1 rings (SSSR count). The van der Waals surface area contributed by atoms with E-state index in [1.807, 2.05) is 6.26 Å². The van der Waals surface area contributed by atoms with E-state index in [-0.39, 0.29) is 5.69 Å². The van der Waals surface area contributed by atoms with Crippen LogP contribution >= 0.6 is 11.8 Å². The molecule has 0 N–H and O–H groups in total.